The summed E-state index contributed by atoms with van der Waals surface area (Å²) < 4.78 is 6.52. The predicted molar refractivity (Wildman–Crippen MR) is 72.2 cm³/mol. The van der Waals surface area contributed by atoms with E-state index in [1.165, 1.54) is 16.7 Å². The Morgan fingerprint density at radius 3 is 2.47 bits per heavy atom. The highest BCUT2D eigenvalue weighted by Crippen LogP contribution is 2.23. The molecule has 1 heterocycles. The molecule has 2 nitrogen and oxygen atoms in total. The first-order valence-corrected chi connectivity index (χ1v) is 6.26. The summed E-state index contributed by atoms with van der Waals surface area (Å²) in [6, 6.07) is 10.0. The summed E-state index contributed by atoms with van der Waals surface area (Å²) in [5.41, 5.74) is 3.75. The molecule has 17 heavy (non-hydrogen) atoms. The minimum absolute atomic E-state index is 0.572. The summed E-state index contributed by atoms with van der Waals surface area (Å²) in [4.78, 5) is 4.13. The molecule has 0 aliphatic rings. The average molecular weight is 292 g/mol. The lowest BCUT2D eigenvalue weighted by Crippen LogP contribution is -2.01. The van der Waals surface area contributed by atoms with Crippen molar-refractivity contribution in [2.24, 2.45) is 0 Å². The van der Waals surface area contributed by atoms with E-state index in [-0.39, 0.29) is 0 Å². The van der Waals surface area contributed by atoms with Gasteiger partial charge >= 0.3 is 0 Å². The molecule has 0 spiro atoms. The molecule has 1 aromatic heterocycles. The quantitative estimate of drug-likeness (QED) is 0.796. The monoisotopic (exact) mass is 291 g/mol. The molecule has 2 rings (SSSR count). The van der Waals surface area contributed by atoms with Crippen molar-refractivity contribution < 1.29 is 4.74 Å². The van der Waals surface area contributed by atoms with Crippen LogP contribution in [0.5, 0.6) is 5.75 Å². The Morgan fingerprint density at radius 1 is 1.12 bits per heavy atom. The molecule has 0 aliphatic carbocycles. The zero-order valence-corrected chi connectivity index (χ0v) is 11.5. The Labute approximate surface area is 110 Å². The lowest BCUT2D eigenvalue weighted by Gasteiger charge is -2.11. The highest BCUT2D eigenvalue weighted by molar-refractivity contribution is 9.10. The predicted octanol–water partition coefficient (Wildman–Crippen LogP) is 4.04. The van der Waals surface area contributed by atoms with Crippen molar-refractivity contribution in [1.82, 2.24) is 4.98 Å². The largest absolute Gasteiger partial charge is 0.486 e. The Hall–Kier alpha value is -1.35. The first-order chi connectivity index (χ1) is 8.18. The van der Waals surface area contributed by atoms with Crippen LogP contribution in [0.1, 0.15) is 16.7 Å². The van der Waals surface area contributed by atoms with Gasteiger partial charge in [0.05, 0.1) is 0 Å². The molecule has 0 aliphatic heterocycles. The van der Waals surface area contributed by atoms with E-state index in [1.54, 1.807) is 6.20 Å². The summed E-state index contributed by atoms with van der Waals surface area (Å²) in [5.74, 6) is 0.773. The molecule has 0 radical (unpaired) electrons. The lowest BCUT2D eigenvalue weighted by molar-refractivity contribution is 0.301. The van der Waals surface area contributed by atoms with Crippen molar-refractivity contribution in [3.05, 3.63) is 57.8 Å². The Balaban J connectivity index is 2.16. The molecule has 2 aromatic rings. The molecule has 3 heteroatoms. The molecule has 0 amide bonds. The maximum absolute atomic E-state index is 5.78. The average Bonchev–Trinajstić information content (AvgIpc) is 2.30. The van der Waals surface area contributed by atoms with Gasteiger partial charge in [0, 0.05) is 6.20 Å². The summed E-state index contributed by atoms with van der Waals surface area (Å²) in [5, 5.41) is 0. The second-order valence-corrected chi connectivity index (χ2v) is 4.70. The fourth-order valence-electron chi connectivity index (χ4n) is 1.71. The number of halogens is 1. The molecule has 0 N–H and O–H groups in total. The lowest BCUT2D eigenvalue weighted by atomic mass is 10.0. The van der Waals surface area contributed by atoms with Crippen molar-refractivity contribution in [2.45, 2.75) is 20.5 Å². The molecule has 0 atom stereocenters. The number of aryl methyl sites for hydroxylation is 2. The maximum Gasteiger partial charge on any atom is 0.152 e. The summed E-state index contributed by atoms with van der Waals surface area (Å²) in [6.07, 6.45) is 1.73. The standard InChI is InChI=1S/C14H14BrNO/c1-10-5-3-6-11(2)12(10)9-17-13-7-4-8-16-14(13)15/h3-8H,9H2,1-2H3. The van der Waals surface area contributed by atoms with Crippen LogP contribution in [0, 0.1) is 13.8 Å². The molecule has 0 unspecified atom stereocenters. The van der Waals surface area contributed by atoms with Gasteiger partial charge in [-0.2, -0.15) is 0 Å². The van der Waals surface area contributed by atoms with Gasteiger partial charge in [-0.25, -0.2) is 4.98 Å². The van der Waals surface area contributed by atoms with Crippen LogP contribution in [0.25, 0.3) is 0 Å². The summed E-state index contributed by atoms with van der Waals surface area (Å²) >= 11 is 3.37. The van der Waals surface area contributed by atoms with Crippen LogP contribution in [0.4, 0.5) is 0 Å². The van der Waals surface area contributed by atoms with Crippen molar-refractivity contribution in [3.8, 4) is 5.75 Å². The van der Waals surface area contributed by atoms with E-state index in [1.807, 2.05) is 12.1 Å². The zero-order chi connectivity index (χ0) is 12.3. The van der Waals surface area contributed by atoms with Crippen LogP contribution in [0.15, 0.2) is 41.1 Å². The van der Waals surface area contributed by atoms with E-state index in [4.69, 9.17) is 4.74 Å². The second-order valence-electron chi connectivity index (χ2n) is 3.95. The van der Waals surface area contributed by atoms with Crippen LogP contribution in [-0.2, 0) is 6.61 Å². The number of hydrogen-bond acceptors (Lipinski definition) is 2. The molecule has 0 saturated carbocycles. The number of rotatable bonds is 3. The molecule has 1 aromatic carbocycles. The Kier molecular flexibility index (Phi) is 3.79. The minimum atomic E-state index is 0.572. The first kappa shape index (κ1) is 12.1. The van der Waals surface area contributed by atoms with E-state index in [2.05, 4.69) is 53.0 Å². The third-order valence-electron chi connectivity index (χ3n) is 2.74. The topological polar surface area (TPSA) is 22.1 Å². The van der Waals surface area contributed by atoms with Crippen LogP contribution in [0.3, 0.4) is 0 Å². The number of aromatic nitrogens is 1. The second kappa shape index (κ2) is 5.32. The van der Waals surface area contributed by atoms with E-state index in [9.17, 15) is 0 Å². The first-order valence-electron chi connectivity index (χ1n) is 5.47. The van der Waals surface area contributed by atoms with Gasteiger partial charge in [0.2, 0.25) is 0 Å². The maximum atomic E-state index is 5.78. The summed E-state index contributed by atoms with van der Waals surface area (Å²) in [6.45, 7) is 4.77. The third kappa shape index (κ3) is 2.86. The van der Waals surface area contributed by atoms with Crippen molar-refractivity contribution >= 4 is 15.9 Å². The minimum Gasteiger partial charge on any atom is -0.486 e. The van der Waals surface area contributed by atoms with Crippen LogP contribution in [0.2, 0.25) is 0 Å². The molecule has 0 bridgehead atoms. The van der Waals surface area contributed by atoms with Gasteiger partial charge in [0.15, 0.2) is 5.75 Å². The van der Waals surface area contributed by atoms with Crippen molar-refractivity contribution in [2.75, 3.05) is 0 Å². The van der Waals surface area contributed by atoms with E-state index in [0.29, 0.717) is 6.61 Å². The van der Waals surface area contributed by atoms with Gasteiger partial charge in [-0.1, -0.05) is 18.2 Å². The van der Waals surface area contributed by atoms with Crippen molar-refractivity contribution in [3.63, 3.8) is 0 Å². The van der Waals surface area contributed by atoms with E-state index in [0.717, 1.165) is 10.4 Å². The summed E-state index contributed by atoms with van der Waals surface area (Å²) in [7, 11) is 0. The zero-order valence-electron chi connectivity index (χ0n) is 9.90. The van der Waals surface area contributed by atoms with Gasteiger partial charge in [0.1, 0.15) is 11.2 Å². The number of ether oxygens (including phenoxy) is 1. The van der Waals surface area contributed by atoms with Gasteiger partial charge in [-0.15, -0.1) is 0 Å². The molecular weight excluding hydrogens is 278 g/mol. The molecule has 0 fully saturated rings. The Bertz CT molecular complexity index is 505. The number of hydrogen-bond donors (Lipinski definition) is 0. The molecule has 88 valence electrons. The molecular formula is C14H14BrNO. The van der Waals surface area contributed by atoms with Gasteiger partial charge in [-0.3, -0.25) is 0 Å². The fraction of sp³-hybridized carbons (Fsp3) is 0.214. The third-order valence-corrected chi connectivity index (χ3v) is 3.34. The number of nitrogens with zero attached hydrogens (tertiary/aromatic N) is 1. The number of pyridine rings is 1. The Morgan fingerprint density at radius 2 is 1.82 bits per heavy atom. The highest BCUT2D eigenvalue weighted by atomic mass is 79.9. The van der Waals surface area contributed by atoms with Crippen LogP contribution in [-0.4, -0.2) is 4.98 Å². The SMILES string of the molecule is Cc1cccc(C)c1COc1cccnc1Br. The van der Waals surface area contributed by atoms with Crippen LogP contribution >= 0.6 is 15.9 Å². The number of benzene rings is 1. The molecule has 0 saturated heterocycles. The van der Waals surface area contributed by atoms with Gasteiger partial charge < -0.3 is 4.74 Å². The fourth-order valence-corrected chi connectivity index (χ4v) is 2.07. The van der Waals surface area contributed by atoms with E-state index < -0.39 is 0 Å². The highest BCUT2D eigenvalue weighted by Gasteiger charge is 2.05. The van der Waals surface area contributed by atoms with Gasteiger partial charge in [0.25, 0.3) is 0 Å². The van der Waals surface area contributed by atoms with E-state index >= 15 is 0 Å². The smallest absolute Gasteiger partial charge is 0.152 e. The van der Waals surface area contributed by atoms with Gasteiger partial charge in [-0.05, 0) is 58.6 Å². The van der Waals surface area contributed by atoms with Crippen LogP contribution < -0.4 is 4.74 Å². The van der Waals surface area contributed by atoms with Crippen molar-refractivity contribution in [1.29, 1.82) is 0 Å². The normalized spacial score (nSPS) is 10.3.